The number of hydrogen-bond donors (Lipinski definition) is 0. The van der Waals surface area contributed by atoms with Crippen molar-refractivity contribution in [2.45, 2.75) is 0 Å². The third kappa shape index (κ3) is 0.699. The second-order valence-electron chi connectivity index (χ2n) is 1.81. The van der Waals surface area contributed by atoms with E-state index in [2.05, 4.69) is 16.3 Å². The van der Waals surface area contributed by atoms with Gasteiger partial charge in [-0.25, -0.2) is 19.3 Å². The molecule has 49 valence electrons. The SMILES string of the molecule is [c]1nccn1-n1ccnc1. The molecule has 0 aliphatic carbocycles. The number of rotatable bonds is 1. The van der Waals surface area contributed by atoms with Gasteiger partial charge in [-0.1, -0.05) is 0 Å². The monoisotopic (exact) mass is 133 g/mol. The van der Waals surface area contributed by atoms with E-state index in [1.54, 1.807) is 34.3 Å². The van der Waals surface area contributed by atoms with E-state index < -0.39 is 0 Å². The third-order valence-corrected chi connectivity index (χ3v) is 1.18. The minimum Gasteiger partial charge on any atom is -0.243 e. The Morgan fingerprint density at radius 1 is 1.20 bits per heavy atom. The summed E-state index contributed by atoms with van der Waals surface area (Å²) in [5, 5.41) is 0. The Labute approximate surface area is 57.7 Å². The zero-order valence-electron chi connectivity index (χ0n) is 5.18. The summed E-state index contributed by atoms with van der Waals surface area (Å²) < 4.78 is 3.47. The maximum Gasteiger partial charge on any atom is 0.197 e. The first kappa shape index (κ1) is 5.22. The van der Waals surface area contributed by atoms with Crippen molar-refractivity contribution >= 4 is 0 Å². The minimum atomic E-state index is 1.67. The van der Waals surface area contributed by atoms with E-state index in [1.165, 1.54) is 0 Å². The first-order valence-corrected chi connectivity index (χ1v) is 2.86. The topological polar surface area (TPSA) is 35.6 Å². The lowest BCUT2D eigenvalue weighted by atomic mass is 10.9. The maximum atomic E-state index is 3.87. The second-order valence-corrected chi connectivity index (χ2v) is 1.81. The van der Waals surface area contributed by atoms with Crippen molar-refractivity contribution in [2.75, 3.05) is 0 Å². The molecule has 0 atom stereocenters. The number of aromatic nitrogens is 4. The highest BCUT2D eigenvalue weighted by Gasteiger charge is 1.88. The van der Waals surface area contributed by atoms with Crippen molar-refractivity contribution in [3.8, 4) is 0 Å². The first-order chi connectivity index (χ1) is 4.97. The molecule has 4 nitrogen and oxygen atoms in total. The molecule has 0 amide bonds. The van der Waals surface area contributed by atoms with Crippen molar-refractivity contribution in [3.05, 3.63) is 37.4 Å². The second kappa shape index (κ2) is 1.98. The molecule has 0 aromatic carbocycles. The fourth-order valence-electron chi connectivity index (χ4n) is 0.730. The highest BCUT2D eigenvalue weighted by atomic mass is 15.5. The van der Waals surface area contributed by atoms with Gasteiger partial charge in [0.2, 0.25) is 0 Å². The molecule has 2 rings (SSSR count). The molecule has 0 aliphatic heterocycles. The van der Waals surface area contributed by atoms with E-state index in [0.717, 1.165) is 0 Å². The lowest BCUT2D eigenvalue weighted by Gasteiger charge is -1.97. The molecule has 0 spiro atoms. The predicted molar refractivity (Wildman–Crippen MR) is 34.1 cm³/mol. The normalized spacial score (nSPS) is 10.0. The summed E-state index contributed by atoms with van der Waals surface area (Å²) in [5.74, 6) is 0. The van der Waals surface area contributed by atoms with Gasteiger partial charge < -0.3 is 0 Å². The van der Waals surface area contributed by atoms with Crippen LogP contribution in [0.15, 0.2) is 31.1 Å². The van der Waals surface area contributed by atoms with Crippen molar-refractivity contribution in [3.63, 3.8) is 0 Å². The van der Waals surface area contributed by atoms with E-state index in [-0.39, 0.29) is 0 Å². The minimum absolute atomic E-state index is 1.67. The summed E-state index contributed by atoms with van der Waals surface area (Å²) in [7, 11) is 0. The third-order valence-electron chi connectivity index (χ3n) is 1.18. The Balaban J connectivity index is 2.48. The van der Waals surface area contributed by atoms with Crippen LogP contribution in [0.3, 0.4) is 0 Å². The van der Waals surface area contributed by atoms with E-state index in [0.29, 0.717) is 0 Å². The standard InChI is InChI=1S/C6H5N4/c1-3-9(5-7-1)10-4-2-8-6-10/h1-5H. The Hall–Kier alpha value is -1.58. The van der Waals surface area contributed by atoms with Crippen molar-refractivity contribution in [1.82, 2.24) is 19.3 Å². The van der Waals surface area contributed by atoms with Crippen LogP contribution in [0.1, 0.15) is 0 Å². The van der Waals surface area contributed by atoms with E-state index >= 15 is 0 Å². The van der Waals surface area contributed by atoms with Gasteiger partial charge in [0.25, 0.3) is 0 Å². The molecule has 10 heavy (non-hydrogen) atoms. The van der Waals surface area contributed by atoms with Crippen LogP contribution < -0.4 is 0 Å². The molecule has 0 bridgehead atoms. The summed E-state index contributed by atoms with van der Waals surface area (Å²) in [5.41, 5.74) is 0. The fraction of sp³-hybridized carbons (Fsp3) is 0. The van der Waals surface area contributed by atoms with Crippen molar-refractivity contribution in [2.24, 2.45) is 0 Å². The van der Waals surface area contributed by atoms with Gasteiger partial charge in [-0.15, -0.1) is 0 Å². The van der Waals surface area contributed by atoms with E-state index in [4.69, 9.17) is 0 Å². The molecular formula is C6H5N4. The summed E-state index contributed by atoms with van der Waals surface area (Å²) in [6.07, 6.45) is 11.4. The van der Waals surface area contributed by atoms with Crippen LogP contribution in [-0.4, -0.2) is 19.3 Å². The van der Waals surface area contributed by atoms with Crippen LogP contribution >= 0.6 is 0 Å². The number of hydrogen-bond acceptors (Lipinski definition) is 2. The average Bonchev–Trinajstić information content (AvgIpc) is 2.59. The zero-order chi connectivity index (χ0) is 6.81. The molecular weight excluding hydrogens is 128 g/mol. The van der Waals surface area contributed by atoms with Crippen LogP contribution in [0.4, 0.5) is 0 Å². The lowest BCUT2D eigenvalue weighted by Crippen LogP contribution is -2.02. The van der Waals surface area contributed by atoms with Gasteiger partial charge in [-0.2, -0.15) is 0 Å². The van der Waals surface area contributed by atoms with Gasteiger partial charge in [-0.05, 0) is 0 Å². The summed E-state index contributed by atoms with van der Waals surface area (Å²) in [4.78, 5) is 7.64. The molecule has 0 N–H and O–H groups in total. The first-order valence-electron chi connectivity index (χ1n) is 2.86. The molecule has 2 aromatic heterocycles. The fourth-order valence-corrected chi connectivity index (χ4v) is 0.730. The van der Waals surface area contributed by atoms with Crippen LogP contribution in [0, 0.1) is 6.33 Å². The molecule has 0 unspecified atom stereocenters. The van der Waals surface area contributed by atoms with E-state index in [1.807, 2.05) is 6.20 Å². The van der Waals surface area contributed by atoms with Gasteiger partial charge in [0.15, 0.2) is 6.33 Å². The Kier molecular flexibility index (Phi) is 1.04. The Morgan fingerprint density at radius 3 is 2.80 bits per heavy atom. The summed E-state index contributed by atoms with van der Waals surface area (Å²) in [6, 6.07) is 0. The van der Waals surface area contributed by atoms with Gasteiger partial charge >= 0.3 is 0 Å². The zero-order valence-corrected chi connectivity index (χ0v) is 5.18. The van der Waals surface area contributed by atoms with Crippen LogP contribution in [-0.2, 0) is 0 Å². The molecule has 0 fully saturated rings. The smallest absolute Gasteiger partial charge is 0.197 e. The quantitative estimate of drug-likeness (QED) is 0.556. The average molecular weight is 133 g/mol. The number of nitrogens with zero attached hydrogens (tertiary/aromatic N) is 4. The summed E-state index contributed by atoms with van der Waals surface area (Å²) >= 11 is 0. The lowest BCUT2D eigenvalue weighted by molar-refractivity contribution is 0.651. The van der Waals surface area contributed by atoms with Gasteiger partial charge in [0.05, 0.1) is 0 Å². The van der Waals surface area contributed by atoms with Crippen LogP contribution in [0.5, 0.6) is 0 Å². The highest BCUT2D eigenvalue weighted by molar-refractivity contribution is 4.80. The largest absolute Gasteiger partial charge is 0.243 e. The predicted octanol–water partition coefficient (Wildman–Crippen LogP) is 0.191. The molecule has 1 radical (unpaired) electrons. The molecule has 0 saturated heterocycles. The molecule has 0 saturated carbocycles. The van der Waals surface area contributed by atoms with Crippen LogP contribution in [0.2, 0.25) is 0 Å². The molecule has 4 heteroatoms. The molecule has 2 heterocycles. The van der Waals surface area contributed by atoms with Gasteiger partial charge in [-0.3, -0.25) is 0 Å². The molecule has 2 aromatic rings. The highest BCUT2D eigenvalue weighted by Crippen LogP contribution is 1.87. The number of imidazole rings is 2. The van der Waals surface area contributed by atoms with Crippen molar-refractivity contribution in [1.29, 1.82) is 0 Å². The van der Waals surface area contributed by atoms with E-state index in [9.17, 15) is 0 Å². The van der Waals surface area contributed by atoms with Crippen molar-refractivity contribution < 1.29 is 0 Å². The Morgan fingerprint density at radius 2 is 2.20 bits per heavy atom. The maximum absolute atomic E-state index is 3.87. The summed E-state index contributed by atoms with van der Waals surface area (Å²) in [6.45, 7) is 0. The van der Waals surface area contributed by atoms with Crippen LogP contribution in [0.25, 0.3) is 0 Å². The van der Waals surface area contributed by atoms with Gasteiger partial charge in [0.1, 0.15) is 6.33 Å². The Bertz CT molecular complexity index is 249. The molecule has 0 aliphatic rings. The van der Waals surface area contributed by atoms with Gasteiger partial charge in [0, 0.05) is 24.8 Å².